The van der Waals surface area contributed by atoms with Crippen LogP contribution in [0, 0.1) is 6.92 Å². The van der Waals surface area contributed by atoms with E-state index in [1.807, 2.05) is 122 Å². The van der Waals surface area contributed by atoms with E-state index in [-0.39, 0.29) is 5.91 Å². The number of rotatable bonds is 4. The Morgan fingerprint density at radius 3 is 1.73 bits per heavy atom. The van der Waals surface area contributed by atoms with Crippen LogP contribution in [0.5, 0.6) is 0 Å². The fourth-order valence-electron chi connectivity index (χ4n) is 3.93. The standard InChI is InChI=1S/C30H23NO2/c1-22-17-19-26(20-18-22)31-28(32)21-27(23-11-5-2-6-12-23)33-30(31)29(24-13-7-3-8-14-24)25-15-9-4-10-16-25/h2-21H,1H3. The number of benzene rings is 4. The summed E-state index contributed by atoms with van der Waals surface area (Å²) in [5.74, 6) is 0.870. The molecule has 0 fully saturated rings. The van der Waals surface area contributed by atoms with E-state index in [9.17, 15) is 4.79 Å². The fraction of sp³-hybridized carbons (Fsp3) is 0.0333. The zero-order valence-electron chi connectivity index (χ0n) is 18.3. The lowest BCUT2D eigenvalue weighted by Crippen LogP contribution is -2.34. The van der Waals surface area contributed by atoms with Gasteiger partial charge in [0.25, 0.3) is 5.91 Å². The summed E-state index contributed by atoms with van der Waals surface area (Å²) in [4.78, 5) is 15.2. The first-order chi connectivity index (χ1) is 16.2. The number of nitrogens with zero attached hydrogens (tertiary/aromatic N) is 1. The molecule has 1 aliphatic heterocycles. The van der Waals surface area contributed by atoms with Gasteiger partial charge in [-0.25, -0.2) is 4.90 Å². The molecule has 3 nitrogen and oxygen atoms in total. The first-order valence-corrected chi connectivity index (χ1v) is 10.9. The van der Waals surface area contributed by atoms with Crippen molar-refractivity contribution in [3.63, 3.8) is 0 Å². The van der Waals surface area contributed by atoms with Crippen molar-refractivity contribution in [2.45, 2.75) is 6.92 Å². The van der Waals surface area contributed by atoms with Crippen LogP contribution in [0.25, 0.3) is 11.3 Å². The van der Waals surface area contributed by atoms with Crippen LogP contribution in [-0.2, 0) is 9.53 Å². The van der Waals surface area contributed by atoms with Crippen LogP contribution in [0.4, 0.5) is 5.69 Å². The Morgan fingerprint density at radius 2 is 1.18 bits per heavy atom. The van der Waals surface area contributed by atoms with Crippen LogP contribution in [0.3, 0.4) is 0 Å². The first-order valence-electron chi connectivity index (χ1n) is 10.9. The van der Waals surface area contributed by atoms with E-state index in [0.29, 0.717) is 11.6 Å². The van der Waals surface area contributed by atoms with Crippen LogP contribution in [0.15, 0.2) is 127 Å². The highest BCUT2D eigenvalue weighted by Gasteiger charge is 2.31. The average Bonchev–Trinajstić information content (AvgIpc) is 2.87. The Kier molecular flexibility index (Phi) is 5.61. The van der Waals surface area contributed by atoms with Crippen LogP contribution < -0.4 is 4.90 Å². The maximum atomic E-state index is 13.6. The molecule has 33 heavy (non-hydrogen) atoms. The Bertz CT molecular complexity index is 1280. The summed E-state index contributed by atoms with van der Waals surface area (Å²) in [6.07, 6.45) is 1.56. The first kappa shape index (κ1) is 20.5. The number of aryl methyl sites for hydroxylation is 1. The topological polar surface area (TPSA) is 29.5 Å². The maximum absolute atomic E-state index is 13.6. The van der Waals surface area contributed by atoms with Gasteiger partial charge >= 0.3 is 0 Å². The second-order valence-corrected chi connectivity index (χ2v) is 7.90. The summed E-state index contributed by atoms with van der Waals surface area (Å²) in [6, 6.07) is 37.7. The number of ether oxygens (including phenoxy) is 1. The van der Waals surface area contributed by atoms with Crippen molar-refractivity contribution in [3.05, 3.63) is 149 Å². The third-order valence-corrected chi connectivity index (χ3v) is 5.57. The van der Waals surface area contributed by atoms with Crippen LogP contribution in [-0.4, -0.2) is 5.91 Å². The summed E-state index contributed by atoms with van der Waals surface area (Å²) in [5.41, 5.74) is 5.53. The minimum absolute atomic E-state index is 0.150. The molecule has 3 heteroatoms. The lowest BCUT2D eigenvalue weighted by molar-refractivity contribution is -0.114. The van der Waals surface area contributed by atoms with Crippen molar-refractivity contribution in [2.24, 2.45) is 0 Å². The number of carbonyl (C=O) groups excluding carboxylic acids is 1. The lowest BCUT2D eigenvalue weighted by Gasteiger charge is -2.31. The summed E-state index contributed by atoms with van der Waals surface area (Å²) >= 11 is 0. The van der Waals surface area contributed by atoms with Crippen molar-refractivity contribution in [1.82, 2.24) is 0 Å². The SMILES string of the molecule is Cc1ccc(N2C(=O)C=C(c3ccccc3)OC2=C(c2ccccc2)c2ccccc2)cc1. The molecule has 0 aromatic heterocycles. The molecule has 1 amide bonds. The summed E-state index contributed by atoms with van der Waals surface area (Å²) in [6.45, 7) is 2.03. The lowest BCUT2D eigenvalue weighted by atomic mass is 9.97. The molecule has 0 aliphatic carbocycles. The van der Waals surface area contributed by atoms with Gasteiger partial charge in [-0.15, -0.1) is 0 Å². The summed E-state index contributed by atoms with van der Waals surface area (Å²) in [5, 5.41) is 0. The predicted molar refractivity (Wildman–Crippen MR) is 133 cm³/mol. The van der Waals surface area contributed by atoms with Crippen molar-refractivity contribution < 1.29 is 9.53 Å². The molecule has 0 radical (unpaired) electrons. The second kappa shape index (κ2) is 9.01. The molecule has 160 valence electrons. The van der Waals surface area contributed by atoms with Gasteiger partial charge in [-0.3, -0.25) is 4.79 Å². The molecule has 0 spiro atoms. The van der Waals surface area contributed by atoms with Gasteiger partial charge in [0.15, 0.2) is 0 Å². The Balaban J connectivity index is 1.78. The molecule has 0 N–H and O–H groups in total. The third-order valence-electron chi connectivity index (χ3n) is 5.57. The fourth-order valence-corrected chi connectivity index (χ4v) is 3.93. The van der Waals surface area contributed by atoms with Crippen LogP contribution >= 0.6 is 0 Å². The number of hydrogen-bond acceptors (Lipinski definition) is 2. The van der Waals surface area contributed by atoms with Gasteiger partial charge in [0.1, 0.15) is 5.76 Å². The van der Waals surface area contributed by atoms with Crippen molar-refractivity contribution in [2.75, 3.05) is 4.90 Å². The Morgan fingerprint density at radius 1 is 0.667 bits per heavy atom. The van der Waals surface area contributed by atoms with E-state index in [2.05, 4.69) is 0 Å². The van der Waals surface area contributed by atoms with Crippen molar-refractivity contribution in [1.29, 1.82) is 0 Å². The molecular weight excluding hydrogens is 406 g/mol. The molecule has 0 bridgehead atoms. The zero-order valence-corrected chi connectivity index (χ0v) is 18.3. The maximum Gasteiger partial charge on any atom is 0.261 e. The smallest absolute Gasteiger partial charge is 0.261 e. The molecule has 0 saturated heterocycles. The molecule has 1 aliphatic rings. The number of amides is 1. The monoisotopic (exact) mass is 429 g/mol. The highest BCUT2D eigenvalue weighted by atomic mass is 16.5. The third kappa shape index (κ3) is 4.21. The second-order valence-electron chi connectivity index (χ2n) is 7.90. The largest absolute Gasteiger partial charge is 0.439 e. The zero-order chi connectivity index (χ0) is 22.6. The van der Waals surface area contributed by atoms with E-state index < -0.39 is 0 Å². The molecular formula is C30H23NO2. The van der Waals surface area contributed by atoms with E-state index in [0.717, 1.165) is 33.5 Å². The summed E-state index contributed by atoms with van der Waals surface area (Å²) < 4.78 is 6.56. The minimum Gasteiger partial charge on any atom is -0.439 e. The molecule has 4 aromatic carbocycles. The minimum atomic E-state index is -0.150. The van der Waals surface area contributed by atoms with Gasteiger partial charge < -0.3 is 4.74 Å². The molecule has 1 heterocycles. The summed E-state index contributed by atoms with van der Waals surface area (Å²) in [7, 11) is 0. The Labute approximate surface area is 193 Å². The van der Waals surface area contributed by atoms with Crippen LogP contribution in [0.2, 0.25) is 0 Å². The quantitative estimate of drug-likeness (QED) is 0.356. The molecule has 0 unspecified atom stereocenters. The Hall–Kier alpha value is -4.37. The highest BCUT2D eigenvalue weighted by Crippen LogP contribution is 2.37. The van der Waals surface area contributed by atoms with Crippen molar-refractivity contribution in [3.8, 4) is 0 Å². The molecule has 0 atom stereocenters. The number of hydrogen-bond donors (Lipinski definition) is 0. The average molecular weight is 430 g/mol. The van der Waals surface area contributed by atoms with Gasteiger partial charge in [-0.05, 0) is 30.2 Å². The van der Waals surface area contributed by atoms with Gasteiger partial charge in [0.2, 0.25) is 5.88 Å². The predicted octanol–water partition coefficient (Wildman–Crippen LogP) is 6.82. The van der Waals surface area contributed by atoms with Gasteiger partial charge in [0, 0.05) is 11.6 Å². The van der Waals surface area contributed by atoms with E-state index in [1.54, 1.807) is 11.0 Å². The number of carbonyl (C=O) groups is 1. The van der Waals surface area contributed by atoms with Crippen LogP contribution in [0.1, 0.15) is 22.3 Å². The normalized spacial score (nSPS) is 13.4. The van der Waals surface area contributed by atoms with Crippen molar-refractivity contribution >= 4 is 22.9 Å². The number of anilines is 1. The van der Waals surface area contributed by atoms with Gasteiger partial charge in [-0.1, -0.05) is 109 Å². The van der Waals surface area contributed by atoms with Gasteiger partial charge in [-0.2, -0.15) is 0 Å². The molecule has 5 rings (SSSR count). The van der Waals surface area contributed by atoms with E-state index in [4.69, 9.17) is 4.74 Å². The highest BCUT2D eigenvalue weighted by molar-refractivity contribution is 6.10. The van der Waals surface area contributed by atoms with E-state index in [1.165, 1.54) is 0 Å². The van der Waals surface area contributed by atoms with Gasteiger partial charge in [0.05, 0.1) is 11.3 Å². The molecule has 0 saturated carbocycles. The molecule has 4 aromatic rings. The van der Waals surface area contributed by atoms with E-state index >= 15 is 0 Å².